The van der Waals surface area contributed by atoms with Gasteiger partial charge in [-0.15, -0.1) is 0 Å². The lowest BCUT2D eigenvalue weighted by molar-refractivity contribution is -0.295. The molecule has 47 heavy (non-hydrogen) atoms. The van der Waals surface area contributed by atoms with Gasteiger partial charge in [-0.3, -0.25) is 4.79 Å². The smallest absolute Gasteiger partial charge is 0.250 e. The molecule has 0 spiro atoms. The van der Waals surface area contributed by atoms with Gasteiger partial charge in [-0.2, -0.15) is 0 Å². The third kappa shape index (κ3) is 8.37. The van der Waals surface area contributed by atoms with Crippen LogP contribution in [0.3, 0.4) is 0 Å². The van der Waals surface area contributed by atoms with E-state index in [-0.39, 0.29) is 25.9 Å². The zero-order chi connectivity index (χ0) is 34.7. The highest BCUT2D eigenvalue weighted by Gasteiger charge is 2.54. The van der Waals surface area contributed by atoms with Crippen molar-refractivity contribution in [1.29, 1.82) is 0 Å². The second-order valence-corrected chi connectivity index (χ2v) is 12.4. The molecule has 4 fully saturated rings. The van der Waals surface area contributed by atoms with Gasteiger partial charge in [0.15, 0.2) is 18.9 Å². The molecule has 0 aromatic rings. The van der Waals surface area contributed by atoms with Crippen LogP contribution in [0.2, 0.25) is 0 Å². The molecular weight excluding hydrogens is 634 g/mol. The third-order valence-corrected chi connectivity index (χ3v) is 9.05. The predicted octanol–water partition coefficient (Wildman–Crippen LogP) is -9.39. The van der Waals surface area contributed by atoms with Gasteiger partial charge >= 0.3 is 0 Å². The molecular formula is C26H51N7O14. The van der Waals surface area contributed by atoms with Crippen molar-refractivity contribution < 1.29 is 69.0 Å². The van der Waals surface area contributed by atoms with Gasteiger partial charge in [0.25, 0.3) is 0 Å². The van der Waals surface area contributed by atoms with Crippen molar-refractivity contribution in [3.63, 3.8) is 0 Å². The van der Waals surface area contributed by atoms with Crippen molar-refractivity contribution in [2.75, 3.05) is 26.2 Å². The monoisotopic (exact) mass is 685 g/mol. The maximum Gasteiger partial charge on any atom is 0.250 e. The Labute approximate surface area is 270 Å². The second kappa shape index (κ2) is 16.6. The molecule has 4 rings (SSSR count). The van der Waals surface area contributed by atoms with Crippen molar-refractivity contribution >= 4 is 5.91 Å². The number of nitrogens with two attached hydrogens (primary N) is 6. The van der Waals surface area contributed by atoms with E-state index in [2.05, 4.69) is 5.32 Å². The summed E-state index contributed by atoms with van der Waals surface area (Å²) in [5, 5.41) is 76.2. The predicted molar refractivity (Wildman–Crippen MR) is 156 cm³/mol. The van der Waals surface area contributed by atoms with Crippen LogP contribution in [0.15, 0.2) is 0 Å². The normalized spacial score (nSPS) is 48.3. The summed E-state index contributed by atoms with van der Waals surface area (Å²) in [4.78, 5) is 12.5. The van der Waals surface area contributed by atoms with Crippen LogP contribution < -0.4 is 39.7 Å². The highest BCUT2D eigenvalue weighted by molar-refractivity contribution is 5.81. The lowest BCUT2D eigenvalue weighted by Gasteiger charge is -2.47. The molecule has 3 heterocycles. The van der Waals surface area contributed by atoms with E-state index in [0.717, 1.165) is 0 Å². The van der Waals surface area contributed by atoms with Crippen molar-refractivity contribution in [2.45, 2.75) is 129 Å². The number of ether oxygens (including phenoxy) is 6. The molecule has 274 valence electrons. The van der Waals surface area contributed by atoms with Gasteiger partial charge in [0, 0.05) is 32.1 Å². The first-order valence-electron chi connectivity index (χ1n) is 15.5. The Morgan fingerprint density at radius 1 is 0.745 bits per heavy atom. The minimum atomic E-state index is -1.68. The number of aliphatic hydroxyl groups is 7. The van der Waals surface area contributed by atoms with Crippen LogP contribution in [0.5, 0.6) is 0 Å². The molecule has 0 aromatic carbocycles. The Balaban J connectivity index is 1.56. The molecule has 21 heteroatoms. The molecule has 4 aliphatic rings. The zero-order valence-electron chi connectivity index (χ0n) is 25.7. The van der Waals surface area contributed by atoms with E-state index in [4.69, 9.17) is 62.8 Å². The van der Waals surface area contributed by atoms with Gasteiger partial charge in [-0.25, -0.2) is 0 Å². The van der Waals surface area contributed by atoms with Crippen LogP contribution in [-0.2, 0) is 33.2 Å². The minimum Gasteiger partial charge on any atom is -0.394 e. The molecule has 0 radical (unpaired) electrons. The summed E-state index contributed by atoms with van der Waals surface area (Å²) in [6, 6.07) is -4.43. The van der Waals surface area contributed by atoms with E-state index in [9.17, 15) is 40.5 Å². The number of hydrogen-bond acceptors (Lipinski definition) is 20. The first-order valence-corrected chi connectivity index (χ1v) is 15.5. The Hall–Kier alpha value is -1.29. The topological polar surface area (TPSA) is 382 Å². The molecule has 0 aromatic heterocycles. The van der Waals surface area contributed by atoms with E-state index < -0.39 is 135 Å². The zero-order valence-corrected chi connectivity index (χ0v) is 25.7. The molecule has 3 saturated heterocycles. The first kappa shape index (κ1) is 38.5. The number of aliphatic hydroxyl groups excluding tert-OH is 7. The average molecular weight is 686 g/mol. The fraction of sp³-hybridized carbons (Fsp3) is 0.962. The van der Waals surface area contributed by atoms with Crippen LogP contribution in [0.25, 0.3) is 0 Å². The summed E-state index contributed by atoms with van der Waals surface area (Å²) in [6.07, 6.45) is -20.1. The number of carbonyl (C=O) groups excluding carboxylic acids is 1. The summed E-state index contributed by atoms with van der Waals surface area (Å²) >= 11 is 0. The molecule has 19 atom stereocenters. The molecule has 0 unspecified atom stereocenters. The summed E-state index contributed by atoms with van der Waals surface area (Å²) in [5.41, 5.74) is 35.4. The van der Waals surface area contributed by atoms with Crippen LogP contribution >= 0.6 is 0 Å². The SMILES string of the molecule is NC[C@@H]1C[C@@H](O)[C@@H](N)[C@@H](O[C@H]2[C@H](O[C@@H]3O[C@H](CO)[C@@H](O[C@H]4O[C@@H](CN)[C@@H](O)[C@H](O)[C@H]4N)[C@H]3O)[C@@H](O)[C@H](NC(=O)[C@@H](O)CN)C[C@@H]2N)O1. The minimum absolute atomic E-state index is 0.0446. The molecule has 3 aliphatic heterocycles. The summed E-state index contributed by atoms with van der Waals surface area (Å²) < 4.78 is 35.1. The van der Waals surface area contributed by atoms with Crippen LogP contribution in [-0.4, -0.2) is 184 Å². The largest absolute Gasteiger partial charge is 0.394 e. The molecule has 0 bridgehead atoms. The van der Waals surface area contributed by atoms with Gasteiger partial charge in [-0.1, -0.05) is 0 Å². The first-order chi connectivity index (χ1) is 22.3. The Bertz CT molecular complexity index is 1010. The lowest BCUT2D eigenvalue weighted by atomic mass is 9.83. The van der Waals surface area contributed by atoms with Crippen molar-refractivity contribution in [3.05, 3.63) is 0 Å². The standard InChI is InChI=1S/C26H51N7O14/c27-3-7-1-10(35)14(31)24(42-7)45-20-8(30)2-9(33-23(41)11(36)4-28)16(37)22(20)47-26-19(40)21(13(6-34)44-26)46-25-15(32)18(39)17(38)12(5-29)43-25/h7-22,24-26,34-40H,1-6,27-32H2,(H,33,41)/t7-,8-,9+,10+,11-,12-,13+,14+,15+,16-,17+,18+,19+,20+,21+,22+,24+,25+,26-/m0/s1. The van der Waals surface area contributed by atoms with Crippen LogP contribution in [0, 0.1) is 0 Å². The number of rotatable bonds is 12. The fourth-order valence-corrected chi connectivity index (χ4v) is 6.19. The van der Waals surface area contributed by atoms with Gasteiger partial charge in [0.2, 0.25) is 5.91 Å². The lowest BCUT2D eigenvalue weighted by Crippen LogP contribution is -2.68. The number of carbonyl (C=O) groups is 1. The van der Waals surface area contributed by atoms with E-state index in [1.165, 1.54) is 0 Å². The fourth-order valence-electron chi connectivity index (χ4n) is 6.19. The summed E-state index contributed by atoms with van der Waals surface area (Å²) in [6.45, 7) is -1.23. The van der Waals surface area contributed by atoms with E-state index >= 15 is 0 Å². The molecule has 1 amide bonds. The van der Waals surface area contributed by atoms with Gasteiger partial charge < -0.3 is 104 Å². The van der Waals surface area contributed by atoms with E-state index in [1.807, 2.05) is 0 Å². The third-order valence-electron chi connectivity index (χ3n) is 9.05. The highest BCUT2D eigenvalue weighted by atomic mass is 16.8. The summed E-state index contributed by atoms with van der Waals surface area (Å²) in [5.74, 6) is -0.883. The van der Waals surface area contributed by atoms with Crippen LogP contribution in [0.1, 0.15) is 12.8 Å². The maximum atomic E-state index is 12.5. The second-order valence-electron chi connectivity index (χ2n) is 12.4. The van der Waals surface area contributed by atoms with Crippen LogP contribution in [0.4, 0.5) is 0 Å². The summed E-state index contributed by atoms with van der Waals surface area (Å²) in [7, 11) is 0. The van der Waals surface area contributed by atoms with Gasteiger partial charge in [0.1, 0.15) is 61.0 Å². The highest BCUT2D eigenvalue weighted by Crippen LogP contribution is 2.34. The van der Waals surface area contributed by atoms with Crippen molar-refractivity contribution in [3.8, 4) is 0 Å². The number of nitrogens with one attached hydrogen (secondary N) is 1. The van der Waals surface area contributed by atoms with Crippen molar-refractivity contribution in [1.82, 2.24) is 5.32 Å². The van der Waals surface area contributed by atoms with E-state index in [0.29, 0.717) is 0 Å². The molecule has 1 aliphatic carbocycles. The average Bonchev–Trinajstić information content (AvgIpc) is 3.35. The number of hydrogen-bond donors (Lipinski definition) is 14. The Morgan fingerprint density at radius 3 is 1.98 bits per heavy atom. The van der Waals surface area contributed by atoms with Gasteiger partial charge in [0.05, 0.1) is 36.9 Å². The molecule has 20 N–H and O–H groups in total. The Kier molecular flexibility index (Phi) is 13.6. The molecule has 21 nitrogen and oxygen atoms in total. The van der Waals surface area contributed by atoms with Crippen molar-refractivity contribution in [2.24, 2.45) is 34.4 Å². The quantitative estimate of drug-likeness (QED) is 0.0906. The van der Waals surface area contributed by atoms with Gasteiger partial charge in [-0.05, 0) is 6.42 Å². The van der Waals surface area contributed by atoms with E-state index in [1.54, 1.807) is 0 Å². The maximum absolute atomic E-state index is 12.5. The number of amides is 1. The molecule has 1 saturated carbocycles. The Morgan fingerprint density at radius 2 is 1.36 bits per heavy atom.